The second-order valence-electron chi connectivity index (χ2n) is 7.73. The number of rotatable bonds is 3. The number of fused-ring (bicyclic) bond motifs is 1. The fourth-order valence-electron chi connectivity index (χ4n) is 4.76. The van der Waals surface area contributed by atoms with Gasteiger partial charge in [0.2, 0.25) is 0 Å². The largest absolute Gasteiger partial charge is 0.299 e. The molecule has 26 heavy (non-hydrogen) atoms. The molecule has 0 bridgehead atoms. The molecular weight excluding hydrogens is 348 g/mol. The van der Waals surface area contributed by atoms with Crippen molar-refractivity contribution in [2.75, 3.05) is 26.7 Å². The standard InChI is InChI=1S/C19H26N4O2S/c1-13-7-5-6-8-16(13)19-17-12-23(11-15(17)10-21(19)3)26(24,25)18-9-14(2)20-22(18)4/h5-9,15,17,19H,10-12H2,1-4H3/t15-,17+,19-/m0/s1. The number of hydrogen-bond acceptors (Lipinski definition) is 4. The van der Waals surface area contributed by atoms with Gasteiger partial charge < -0.3 is 0 Å². The lowest BCUT2D eigenvalue weighted by Gasteiger charge is -2.27. The Labute approximate surface area is 155 Å². The maximum atomic E-state index is 13.1. The molecule has 2 aliphatic rings. The highest BCUT2D eigenvalue weighted by Crippen LogP contribution is 2.45. The molecule has 2 fully saturated rings. The zero-order valence-electron chi connectivity index (χ0n) is 15.8. The topological polar surface area (TPSA) is 58.4 Å². The normalized spacial score (nSPS) is 27.2. The van der Waals surface area contributed by atoms with Crippen molar-refractivity contribution < 1.29 is 8.42 Å². The molecule has 2 aromatic rings. The van der Waals surface area contributed by atoms with Crippen LogP contribution < -0.4 is 0 Å². The zero-order valence-corrected chi connectivity index (χ0v) is 16.6. The highest BCUT2D eigenvalue weighted by atomic mass is 32.2. The van der Waals surface area contributed by atoms with Crippen molar-refractivity contribution in [3.8, 4) is 0 Å². The Balaban J connectivity index is 1.64. The van der Waals surface area contributed by atoms with Crippen LogP contribution in [0.3, 0.4) is 0 Å². The lowest BCUT2D eigenvalue weighted by atomic mass is 9.88. The molecule has 0 amide bonds. The summed E-state index contributed by atoms with van der Waals surface area (Å²) >= 11 is 0. The molecule has 6 nitrogen and oxygen atoms in total. The van der Waals surface area contributed by atoms with Gasteiger partial charge in [0.1, 0.15) is 0 Å². The van der Waals surface area contributed by atoms with Crippen LogP contribution in [0.15, 0.2) is 35.4 Å². The Bertz CT molecular complexity index is 937. The van der Waals surface area contributed by atoms with Crippen LogP contribution in [0, 0.1) is 25.7 Å². The molecule has 3 heterocycles. The van der Waals surface area contributed by atoms with E-state index >= 15 is 0 Å². The van der Waals surface area contributed by atoms with Gasteiger partial charge in [0.05, 0.1) is 5.69 Å². The summed E-state index contributed by atoms with van der Waals surface area (Å²) in [5.41, 5.74) is 3.31. The maximum absolute atomic E-state index is 13.1. The summed E-state index contributed by atoms with van der Waals surface area (Å²) in [4.78, 5) is 2.38. The number of likely N-dealkylation sites (tertiary alicyclic amines) is 1. The van der Waals surface area contributed by atoms with Gasteiger partial charge in [0.15, 0.2) is 5.03 Å². The minimum atomic E-state index is -3.51. The van der Waals surface area contributed by atoms with Gasteiger partial charge in [-0.2, -0.15) is 9.40 Å². The molecule has 140 valence electrons. The second-order valence-corrected chi connectivity index (χ2v) is 9.62. The highest BCUT2D eigenvalue weighted by molar-refractivity contribution is 7.89. The van der Waals surface area contributed by atoms with E-state index in [1.54, 1.807) is 17.4 Å². The fourth-order valence-corrected chi connectivity index (χ4v) is 6.48. The Hall–Kier alpha value is -1.70. The Morgan fingerprint density at radius 3 is 2.46 bits per heavy atom. The van der Waals surface area contributed by atoms with E-state index in [2.05, 4.69) is 48.2 Å². The van der Waals surface area contributed by atoms with Gasteiger partial charge in [-0.15, -0.1) is 0 Å². The van der Waals surface area contributed by atoms with Crippen molar-refractivity contribution >= 4 is 10.0 Å². The summed E-state index contributed by atoms with van der Waals surface area (Å²) in [5.74, 6) is 0.693. The van der Waals surface area contributed by atoms with Crippen LogP contribution in [-0.4, -0.2) is 54.1 Å². The fraction of sp³-hybridized carbons (Fsp3) is 0.526. The van der Waals surface area contributed by atoms with E-state index in [4.69, 9.17) is 0 Å². The van der Waals surface area contributed by atoms with Gasteiger partial charge in [-0.05, 0) is 49.9 Å². The number of aryl methyl sites for hydroxylation is 3. The van der Waals surface area contributed by atoms with Crippen LogP contribution in [0.4, 0.5) is 0 Å². The third-order valence-electron chi connectivity index (χ3n) is 5.93. The van der Waals surface area contributed by atoms with Gasteiger partial charge >= 0.3 is 0 Å². The van der Waals surface area contributed by atoms with Gasteiger partial charge in [-0.25, -0.2) is 8.42 Å². The zero-order chi connectivity index (χ0) is 18.6. The number of hydrogen-bond donors (Lipinski definition) is 0. The van der Waals surface area contributed by atoms with E-state index in [9.17, 15) is 8.42 Å². The van der Waals surface area contributed by atoms with Crippen molar-refractivity contribution in [2.45, 2.75) is 24.9 Å². The number of nitrogens with zero attached hydrogens (tertiary/aromatic N) is 4. The monoisotopic (exact) mass is 374 g/mol. The molecule has 7 heteroatoms. The predicted octanol–water partition coefficient (Wildman–Crippen LogP) is 1.96. The lowest BCUT2D eigenvalue weighted by Crippen LogP contribution is -2.34. The molecule has 2 saturated heterocycles. The van der Waals surface area contributed by atoms with Crippen LogP contribution in [0.1, 0.15) is 22.9 Å². The predicted molar refractivity (Wildman–Crippen MR) is 100 cm³/mol. The minimum Gasteiger partial charge on any atom is -0.299 e. The molecule has 1 aromatic heterocycles. The maximum Gasteiger partial charge on any atom is 0.260 e. The first kappa shape index (κ1) is 17.7. The average Bonchev–Trinajstić information content (AvgIpc) is 3.21. The molecule has 0 N–H and O–H groups in total. The van der Waals surface area contributed by atoms with E-state index in [-0.39, 0.29) is 11.1 Å². The summed E-state index contributed by atoms with van der Waals surface area (Å²) in [6.07, 6.45) is 0. The van der Waals surface area contributed by atoms with Crippen LogP contribution in [0.25, 0.3) is 0 Å². The van der Waals surface area contributed by atoms with Gasteiger partial charge in [-0.1, -0.05) is 24.3 Å². The minimum absolute atomic E-state index is 0.273. The van der Waals surface area contributed by atoms with E-state index in [1.165, 1.54) is 15.8 Å². The molecule has 0 radical (unpaired) electrons. The Kier molecular flexibility index (Phi) is 4.21. The van der Waals surface area contributed by atoms with Crippen LogP contribution in [0.2, 0.25) is 0 Å². The molecule has 3 atom stereocenters. The van der Waals surface area contributed by atoms with Crippen molar-refractivity contribution in [3.63, 3.8) is 0 Å². The average molecular weight is 375 g/mol. The number of benzene rings is 1. The van der Waals surface area contributed by atoms with Crippen molar-refractivity contribution in [3.05, 3.63) is 47.2 Å². The summed E-state index contributed by atoms with van der Waals surface area (Å²) in [6, 6.07) is 10.4. The number of sulfonamides is 1. The summed E-state index contributed by atoms with van der Waals surface area (Å²) in [6.45, 7) is 6.05. The SMILES string of the molecule is Cc1cc(S(=O)(=O)N2C[C@@H]3CN(C)[C@@H](c4ccccc4C)[C@@H]3C2)n(C)n1. The molecule has 0 spiro atoms. The van der Waals surface area contributed by atoms with Crippen molar-refractivity contribution in [1.29, 1.82) is 0 Å². The third kappa shape index (κ3) is 2.69. The van der Waals surface area contributed by atoms with Crippen molar-refractivity contribution in [1.82, 2.24) is 19.0 Å². The smallest absolute Gasteiger partial charge is 0.260 e. The molecule has 0 unspecified atom stereocenters. The van der Waals surface area contributed by atoms with Crippen molar-refractivity contribution in [2.24, 2.45) is 18.9 Å². The van der Waals surface area contributed by atoms with E-state index < -0.39 is 10.0 Å². The van der Waals surface area contributed by atoms with Gasteiger partial charge in [0.25, 0.3) is 10.0 Å². The molecule has 0 aliphatic carbocycles. The van der Waals surface area contributed by atoms with Crippen LogP contribution in [-0.2, 0) is 17.1 Å². The van der Waals surface area contributed by atoms with E-state index in [0.717, 1.165) is 12.2 Å². The summed E-state index contributed by atoms with van der Waals surface area (Å²) in [5, 5.41) is 4.50. The van der Waals surface area contributed by atoms with Crippen LogP contribution in [0.5, 0.6) is 0 Å². The quantitative estimate of drug-likeness (QED) is 0.824. The van der Waals surface area contributed by atoms with Gasteiger partial charge in [-0.3, -0.25) is 9.58 Å². The molecular formula is C19H26N4O2S. The molecule has 4 rings (SSSR count). The Morgan fingerprint density at radius 2 is 1.81 bits per heavy atom. The molecule has 0 saturated carbocycles. The summed E-state index contributed by atoms with van der Waals surface area (Å²) < 4.78 is 29.4. The lowest BCUT2D eigenvalue weighted by molar-refractivity contribution is 0.260. The first-order chi connectivity index (χ1) is 12.3. The van der Waals surface area contributed by atoms with E-state index in [1.807, 2.05) is 6.92 Å². The molecule has 2 aliphatic heterocycles. The Morgan fingerprint density at radius 1 is 1.08 bits per heavy atom. The number of aromatic nitrogens is 2. The first-order valence-corrected chi connectivity index (χ1v) is 10.5. The molecule has 1 aromatic carbocycles. The van der Waals surface area contributed by atoms with Crippen LogP contribution >= 0.6 is 0 Å². The highest BCUT2D eigenvalue weighted by Gasteiger charge is 2.49. The van der Waals surface area contributed by atoms with E-state index in [0.29, 0.717) is 24.9 Å². The summed E-state index contributed by atoms with van der Waals surface area (Å²) in [7, 11) is 0.338. The second kappa shape index (κ2) is 6.18. The van der Waals surface area contributed by atoms with Gasteiger partial charge in [0, 0.05) is 32.7 Å². The first-order valence-electron chi connectivity index (χ1n) is 9.05. The third-order valence-corrected chi connectivity index (χ3v) is 7.82.